The van der Waals surface area contributed by atoms with Crippen LogP contribution in [0.2, 0.25) is 0 Å². The summed E-state index contributed by atoms with van der Waals surface area (Å²) in [5.41, 5.74) is 2.30. The van der Waals surface area contributed by atoms with Gasteiger partial charge in [0.25, 0.3) is 0 Å². The van der Waals surface area contributed by atoms with Crippen LogP contribution in [0.3, 0.4) is 0 Å². The van der Waals surface area contributed by atoms with Gasteiger partial charge in [-0.3, -0.25) is 14.9 Å². The average Bonchev–Trinajstić information content (AvgIpc) is 2.61. The Bertz CT molecular complexity index is 743. The topological polar surface area (TPSA) is 75.6 Å². The van der Waals surface area contributed by atoms with Gasteiger partial charge in [0.2, 0.25) is 0 Å². The molecule has 0 bridgehead atoms. The molecule has 2 N–H and O–H groups in total. The minimum atomic E-state index is -1.04. The third-order valence-corrected chi connectivity index (χ3v) is 4.16. The number of carboxylic acid groups (broad SMARTS) is 1. The smallest absolute Gasteiger partial charge is 0.321 e. The molecule has 2 aromatic carbocycles. The molecule has 25 heavy (non-hydrogen) atoms. The number of nitrogens with one attached hydrogen (secondary N) is 1. The molecule has 0 amide bonds. The van der Waals surface area contributed by atoms with Crippen molar-refractivity contribution in [1.29, 1.82) is 0 Å². The van der Waals surface area contributed by atoms with Crippen LogP contribution in [-0.4, -0.2) is 30.0 Å². The summed E-state index contributed by atoms with van der Waals surface area (Å²) in [6.07, 6.45) is -0.113. The number of aliphatic carboxylic acids is 1. The Morgan fingerprint density at radius 3 is 2.40 bits per heavy atom. The lowest BCUT2D eigenvalue weighted by Crippen LogP contribution is -2.40. The molecule has 5 heteroatoms. The van der Waals surface area contributed by atoms with Crippen molar-refractivity contribution in [2.45, 2.75) is 32.4 Å². The highest BCUT2D eigenvalue weighted by Gasteiger charge is 2.24. The zero-order valence-electron chi connectivity index (χ0n) is 14.7. The van der Waals surface area contributed by atoms with Gasteiger partial charge in [-0.05, 0) is 43.2 Å². The number of carbonyl (C=O) groups excluding carboxylic acids is 1. The maximum Gasteiger partial charge on any atom is 0.321 e. The summed E-state index contributed by atoms with van der Waals surface area (Å²) in [6, 6.07) is 13.5. The molecule has 0 aliphatic rings. The van der Waals surface area contributed by atoms with Crippen molar-refractivity contribution < 1.29 is 19.4 Å². The molecule has 1 unspecified atom stereocenters. The van der Waals surface area contributed by atoms with Crippen molar-refractivity contribution in [2.75, 3.05) is 7.11 Å². The fourth-order valence-electron chi connectivity index (χ4n) is 2.71. The highest BCUT2D eigenvalue weighted by atomic mass is 16.5. The minimum Gasteiger partial charge on any atom is -0.496 e. The van der Waals surface area contributed by atoms with Crippen LogP contribution in [0.5, 0.6) is 5.75 Å². The van der Waals surface area contributed by atoms with Gasteiger partial charge in [-0.1, -0.05) is 30.3 Å². The Kier molecular flexibility index (Phi) is 6.31. The number of carbonyl (C=O) groups is 2. The molecule has 0 saturated heterocycles. The van der Waals surface area contributed by atoms with Crippen LogP contribution in [0.25, 0.3) is 0 Å². The van der Waals surface area contributed by atoms with E-state index in [2.05, 4.69) is 5.32 Å². The molecule has 0 heterocycles. The van der Waals surface area contributed by atoms with E-state index in [0.717, 1.165) is 11.1 Å². The number of aryl methyl sites for hydroxylation is 1. The van der Waals surface area contributed by atoms with Crippen LogP contribution in [0.4, 0.5) is 0 Å². The van der Waals surface area contributed by atoms with E-state index in [1.807, 2.05) is 44.2 Å². The Morgan fingerprint density at radius 1 is 1.16 bits per heavy atom. The monoisotopic (exact) mass is 341 g/mol. The minimum absolute atomic E-state index is 0.113. The Balaban J connectivity index is 2.09. The van der Waals surface area contributed by atoms with Gasteiger partial charge in [0.15, 0.2) is 5.78 Å². The van der Waals surface area contributed by atoms with Gasteiger partial charge in [-0.25, -0.2) is 0 Å². The first-order valence-electron chi connectivity index (χ1n) is 8.14. The van der Waals surface area contributed by atoms with Gasteiger partial charge in [0.1, 0.15) is 11.8 Å². The molecule has 0 saturated carbocycles. The summed E-state index contributed by atoms with van der Waals surface area (Å²) in [5.74, 6) is -0.561. The van der Waals surface area contributed by atoms with Gasteiger partial charge in [0.05, 0.1) is 7.11 Å². The molecule has 0 radical (unpaired) electrons. The van der Waals surface area contributed by atoms with E-state index in [9.17, 15) is 14.7 Å². The van der Waals surface area contributed by atoms with Crippen LogP contribution in [0.1, 0.15) is 40.9 Å². The summed E-state index contributed by atoms with van der Waals surface area (Å²) >= 11 is 0. The van der Waals surface area contributed by atoms with Crippen LogP contribution in [-0.2, 0) is 4.79 Å². The number of ketones is 1. The van der Waals surface area contributed by atoms with E-state index >= 15 is 0 Å². The lowest BCUT2D eigenvalue weighted by molar-refractivity contribution is -0.139. The number of rotatable bonds is 8. The van der Waals surface area contributed by atoms with Crippen LogP contribution < -0.4 is 10.1 Å². The van der Waals surface area contributed by atoms with Gasteiger partial charge in [0, 0.05) is 18.0 Å². The second-order valence-electron chi connectivity index (χ2n) is 6.00. The quantitative estimate of drug-likeness (QED) is 0.720. The first-order valence-corrected chi connectivity index (χ1v) is 8.14. The largest absolute Gasteiger partial charge is 0.496 e. The molecule has 0 aliphatic carbocycles. The molecular formula is C20H23NO4. The molecule has 0 fully saturated rings. The first-order chi connectivity index (χ1) is 11.9. The SMILES string of the molecule is COc1ccc(C(=O)CC(N[C@H](C)c2ccccc2)C(=O)O)cc1C. The maximum absolute atomic E-state index is 12.5. The first kappa shape index (κ1) is 18.7. The number of benzene rings is 2. The zero-order valence-corrected chi connectivity index (χ0v) is 14.7. The molecule has 2 aromatic rings. The van der Waals surface area contributed by atoms with Crippen LogP contribution >= 0.6 is 0 Å². The third-order valence-electron chi connectivity index (χ3n) is 4.16. The van der Waals surface area contributed by atoms with Crippen LogP contribution in [0.15, 0.2) is 48.5 Å². The molecule has 0 spiro atoms. The van der Waals surface area contributed by atoms with E-state index in [1.165, 1.54) is 0 Å². The highest BCUT2D eigenvalue weighted by Crippen LogP contribution is 2.20. The fraction of sp³-hybridized carbons (Fsp3) is 0.300. The van der Waals surface area contributed by atoms with Gasteiger partial charge in [-0.2, -0.15) is 0 Å². The van der Waals surface area contributed by atoms with Crippen LogP contribution in [0, 0.1) is 6.92 Å². The standard InChI is InChI=1S/C20H23NO4/c1-13-11-16(9-10-19(13)25-3)18(22)12-17(20(23)24)21-14(2)15-7-5-4-6-8-15/h4-11,14,17,21H,12H2,1-3H3,(H,23,24)/t14-,17?/m1/s1. The molecule has 2 rings (SSSR count). The Labute approximate surface area is 147 Å². The van der Waals surface area contributed by atoms with E-state index in [0.29, 0.717) is 11.3 Å². The van der Waals surface area contributed by atoms with Crippen molar-refractivity contribution in [2.24, 2.45) is 0 Å². The predicted molar refractivity (Wildman–Crippen MR) is 96.1 cm³/mol. The van der Waals surface area contributed by atoms with E-state index in [4.69, 9.17) is 4.74 Å². The summed E-state index contributed by atoms with van der Waals surface area (Å²) in [7, 11) is 1.57. The Hall–Kier alpha value is -2.66. The second kappa shape index (κ2) is 8.44. The van der Waals surface area contributed by atoms with Gasteiger partial charge >= 0.3 is 5.97 Å². The average molecular weight is 341 g/mol. The third kappa shape index (κ3) is 4.90. The van der Waals surface area contributed by atoms with Crippen molar-refractivity contribution in [3.05, 3.63) is 65.2 Å². The maximum atomic E-state index is 12.5. The van der Waals surface area contributed by atoms with E-state index < -0.39 is 12.0 Å². The normalized spacial score (nSPS) is 13.1. The van der Waals surface area contributed by atoms with Gasteiger partial charge in [-0.15, -0.1) is 0 Å². The number of methoxy groups -OCH3 is 1. The lowest BCUT2D eigenvalue weighted by atomic mass is 10.00. The summed E-state index contributed by atoms with van der Waals surface area (Å²) in [5, 5.41) is 12.5. The van der Waals surface area contributed by atoms with Crippen molar-refractivity contribution >= 4 is 11.8 Å². The molecule has 0 aliphatic heterocycles. The molecule has 0 aromatic heterocycles. The number of Topliss-reactive ketones (excluding diaryl/α,β-unsaturated/α-hetero) is 1. The lowest BCUT2D eigenvalue weighted by Gasteiger charge is -2.20. The van der Waals surface area contributed by atoms with E-state index in [-0.39, 0.29) is 18.2 Å². The van der Waals surface area contributed by atoms with Crippen molar-refractivity contribution in [1.82, 2.24) is 5.32 Å². The fourth-order valence-corrected chi connectivity index (χ4v) is 2.71. The number of carboxylic acids is 1. The summed E-state index contributed by atoms with van der Waals surface area (Å²) in [4.78, 5) is 24.1. The second-order valence-corrected chi connectivity index (χ2v) is 6.00. The summed E-state index contributed by atoms with van der Waals surface area (Å²) < 4.78 is 5.18. The number of hydrogen-bond donors (Lipinski definition) is 2. The number of ether oxygens (including phenoxy) is 1. The molecular weight excluding hydrogens is 318 g/mol. The van der Waals surface area contributed by atoms with Gasteiger partial charge < -0.3 is 9.84 Å². The number of hydrogen-bond acceptors (Lipinski definition) is 4. The van der Waals surface area contributed by atoms with Crippen molar-refractivity contribution in [3.8, 4) is 5.75 Å². The summed E-state index contributed by atoms with van der Waals surface area (Å²) in [6.45, 7) is 3.73. The molecule has 132 valence electrons. The molecule has 5 nitrogen and oxygen atoms in total. The molecule has 2 atom stereocenters. The van der Waals surface area contributed by atoms with E-state index in [1.54, 1.807) is 25.3 Å². The Morgan fingerprint density at radius 2 is 1.84 bits per heavy atom. The highest BCUT2D eigenvalue weighted by molar-refractivity contribution is 5.99. The predicted octanol–water partition coefficient (Wildman–Crippen LogP) is 3.38. The zero-order chi connectivity index (χ0) is 18.4. The van der Waals surface area contributed by atoms with Crippen molar-refractivity contribution in [3.63, 3.8) is 0 Å².